The predicted molar refractivity (Wildman–Crippen MR) is 130 cm³/mol. The second-order valence-corrected chi connectivity index (χ2v) is 8.95. The van der Waals surface area contributed by atoms with Gasteiger partial charge in [0.05, 0.1) is 27.7 Å². The molecule has 0 radical (unpaired) electrons. The van der Waals surface area contributed by atoms with Crippen LogP contribution in [0.4, 0.5) is 0 Å². The molecule has 0 saturated carbocycles. The molecule has 0 aliphatic rings. The Hall–Kier alpha value is -1.99. The molecule has 3 aromatic rings. The quantitative estimate of drug-likeness (QED) is 0.317. The maximum absolute atomic E-state index is 13.1. The molecule has 1 heterocycles. The molecule has 0 amide bonds. The van der Waals surface area contributed by atoms with Gasteiger partial charge in [0.1, 0.15) is 11.6 Å². The third kappa shape index (κ3) is 5.38. The van der Waals surface area contributed by atoms with Gasteiger partial charge in [0, 0.05) is 10.9 Å². The van der Waals surface area contributed by atoms with E-state index >= 15 is 0 Å². The zero-order valence-corrected chi connectivity index (χ0v) is 20.5. The first-order chi connectivity index (χ1) is 14.4. The summed E-state index contributed by atoms with van der Waals surface area (Å²) in [6.07, 6.45) is 5.41. The number of hydrogen-bond donors (Lipinski definition) is 0. The maximum atomic E-state index is 13.1. The monoisotopic (exact) mass is 533 g/mol. The van der Waals surface area contributed by atoms with E-state index in [0.717, 1.165) is 39.5 Å². The van der Waals surface area contributed by atoms with Crippen LogP contribution in [0, 0.1) is 0 Å². The van der Waals surface area contributed by atoms with Gasteiger partial charge >= 0.3 is 0 Å². The van der Waals surface area contributed by atoms with E-state index in [1.165, 1.54) is 4.68 Å². The first-order valence-electron chi connectivity index (χ1n) is 10.1. The Morgan fingerprint density at radius 2 is 2.00 bits per heavy atom. The van der Waals surface area contributed by atoms with Crippen LogP contribution in [0.2, 0.25) is 0 Å². The lowest BCUT2D eigenvalue weighted by molar-refractivity contribution is 0.216. The number of fused-ring (bicyclic) bond motifs is 1. The Labute approximate surface area is 193 Å². The van der Waals surface area contributed by atoms with Gasteiger partial charge in [-0.1, -0.05) is 36.2 Å². The fourth-order valence-corrected chi connectivity index (χ4v) is 3.78. The number of aromatic nitrogens is 2. The summed E-state index contributed by atoms with van der Waals surface area (Å²) in [5.41, 5.74) is 1.38. The number of unbranched alkanes of at least 4 members (excludes halogenated alkanes) is 1. The molecule has 158 valence electrons. The van der Waals surface area contributed by atoms with Crippen molar-refractivity contribution >= 4 is 49.0 Å². The van der Waals surface area contributed by atoms with Gasteiger partial charge in [-0.2, -0.15) is 9.78 Å². The molecule has 5 nitrogen and oxygen atoms in total. The van der Waals surface area contributed by atoms with E-state index in [0.29, 0.717) is 23.1 Å². The summed E-state index contributed by atoms with van der Waals surface area (Å²) in [5, 5.41) is 5.04. The first-order valence-corrected chi connectivity index (χ1v) is 11.7. The second kappa shape index (κ2) is 10.4. The Morgan fingerprint density at radius 1 is 1.20 bits per heavy atom. The molecule has 3 rings (SSSR count). The van der Waals surface area contributed by atoms with Crippen LogP contribution in [0.15, 0.2) is 55.2 Å². The van der Waals surface area contributed by atoms with E-state index in [2.05, 4.69) is 50.8 Å². The summed E-state index contributed by atoms with van der Waals surface area (Å²) in [4.78, 5) is 17.8. The van der Waals surface area contributed by atoms with Crippen LogP contribution in [-0.4, -0.2) is 22.0 Å². The standard InChI is InChI=1S/C23H25Br2N3O2/c1-4-6-7-22-27-20-10-9-17(24)13-18(20)23(29)28(22)26-14-16-8-11-21(19(25)12-16)30-15(3)5-2/h8-15H,4-7H2,1-3H3/t15-/m0/s1. The topological polar surface area (TPSA) is 56.5 Å². The number of hydrogen-bond acceptors (Lipinski definition) is 4. The van der Waals surface area contributed by atoms with Crippen molar-refractivity contribution in [2.24, 2.45) is 5.10 Å². The minimum Gasteiger partial charge on any atom is -0.490 e. The SMILES string of the molecule is CCCCc1nc2ccc(Br)cc2c(=O)n1N=Cc1ccc(O[C@@H](C)CC)c(Br)c1. The normalized spacial score (nSPS) is 12.6. The number of aryl methyl sites for hydroxylation is 1. The van der Waals surface area contributed by atoms with E-state index in [4.69, 9.17) is 9.72 Å². The van der Waals surface area contributed by atoms with Gasteiger partial charge in [-0.05, 0) is 77.7 Å². The van der Waals surface area contributed by atoms with Crippen molar-refractivity contribution in [1.29, 1.82) is 0 Å². The smallest absolute Gasteiger partial charge is 0.282 e. The number of nitrogens with zero attached hydrogens (tertiary/aromatic N) is 3. The number of halogens is 2. The van der Waals surface area contributed by atoms with Gasteiger partial charge in [-0.25, -0.2) is 4.98 Å². The Balaban J connectivity index is 1.99. The summed E-state index contributed by atoms with van der Waals surface area (Å²) in [6.45, 7) is 6.24. The van der Waals surface area contributed by atoms with Crippen LogP contribution >= 0.6 is 31.9 Å². The highest BCUT2D eigenvalue weighted by Crippen LogP contribution is 2.27. The highest BCUT2D eigenvalue weighted by atomic mass is 79.9. The van der Waals surface area contributed by atoms with Crippen molar-refractivity contribution in [3.05, 3.63) is 67.1 Å². The summed E-state index contributed by atoms with van der Waals surface area (Å²) >= 11 is 6.99. The van der Waals surface area contributed by atoms with Gasteiger partial charge in [-0.15, -0.1) is 0 Å². The van der Waals surface area contributed by atoms with Crippen LogP contribution in [-0.2, 0) is 6.42 Å². The lowest BCUT2D eigenvalue weighted by Gasteiger charge is -2.14. The van der Waals surface area contributed by atoms with Gasteiger partial charge in [-0.3, -0.25) is 4.79 Å². The molecule has 0 aliphatic heterocycles. The largest absolute Gasteiger partial charge is 0.490 e. The van der Waals surface area contributed by atoms with E-state index < -0.39 is 0 Å². The van der Waals surface area contributed by atoms with E-state index in [1.807, 2.05) is 37.3 Å². The van der Waals surface area contributed by atoms with Gasteiger partial charge in [0.25, 0.3) is 5.56 Å². The fraction of sp³-hybridized carbons (Fsp3) is 0.348. The molecule has 0 spiro atoms. The van der Waals surface area contributed by atoms with Gasteiger partial charge in [0.2, 0.25) is 0 Å². The van der Waals surface area contributed by atoms with Crippen molar-refractivity contribution in [1.82, 2.24) is 9.66 Å². The number of benzene rings is 2. The van der Waals surface area contributed by atoms with Crippen LogP contribution < -0.4 is 10.3 Å². The van der Waals surface area contributed by atoms with E-state index in [9.17, 15) is 4.79 Å². The molecule has 0 fully saturated rings. The minimum absolute atomic E-state index is 0.142. The number of rotatable bonds is 8. The molecular weight excluding hydrogens is 510 g/mol. The third-order valence-electron chi connectivity index (χ3n) is 4.81. The molecule has 0 bridgehead atoms. The summed E-state index contributed by atoms with van der Waals surface area (Å²) in [6, 6.07) is 11.3. The minimum atomic E-state index is -0.167. The van der Waals surface area contributed by atoms with Crippen molar-refractivity contribution in [3.63, 3.8) is 0 Å². The zero-order valence-electron chi connectivity index (χ0n) is 17.4. The molecule has 1 aromatic heterocycles. The molecule has 2 aromatic carbocycles. The van der Waals surface area contributed by atoms with Crippen molar-refractivity contribution in [2.45, 2.75) is 52.6 Å². The van der Waals surface area contributed by atoms with Crippen molar-refractivity contribution in [2.75, 3.05) is 0 Å². The average molecular weight is 535 g/mol. The Kier molecular flexibility index (Phi) is 7.83. The summed E-state index contributed by atoms with van der Waals surface area (Å²) < 4.78 is 9.00. The first kappa shape index (κ1) is 22.7. The molecule has 30 heavy (non-hydrogen) atoms. The van der Waals surface area contributed by atoms with Crippen molar-refractivity contribution < 1.29 is 4.74 Å². The predicted octanol–water partition coefficient (Wildman–Crippen LogP) is 6.32. The lowest BCUT2D eigenvalue weighted by Crippen LogP contribution is -2.22. The number of ether oxygens (including phenoxy) is 1. The third-order valence-corrected chi connectivity index (χ3v) is 5.92. The summed E-state index contributed by atoms with van der Waals surface area (Å²) in [5.74, 6) is 1.46. The molecule has 0 aliphatic carbocycles. The molecule has 0 N–H and O–H groups in total. The molecule has 0 unspecified atom stereocenters. The van der Waals surface area contributed by atoms with E-state index in [-0.39, 0.29) is 11.7 Å². The van der Waals surface area contributed by atoms with Crippen molar-refractivity contribution in [3.8, 4) is 5.75 Å². The highest BCUT2D eigenvalue weighted by molar-refractivity contribution is 9.10. The molecular formula is C23H25Br2N3O2. The Morgan fingerprint density at radius 3 is 2.70 bits per heavy atom. The lowest BCUT2D eigenvalue weighted by atomic mass is 10.2. The van der Waals surface area contributed by atoms with Gasteiger partial charge < -0.3 is 4.74 Å². The summed E-state index contributed by atoms with van der Waals surface area (Å²) in [7, 11) is 0. The van der Waals surface area contributed by atoms with Crippen LogP contribution in [0.1, 0.15) is 51.4 Å². The molecule has 1 atom stereocenters. The van der Waals surface area contributed by atoms with Gasteiger partial charge in [0.15, 0.2) is 0 Å². The van der Waals surface area contributed by atoms with Crippen LogP contribution in [0.5, 0.6) is 5.75 Å². The maximum Gasteiger partial charge on any atom is 0.282 e. The second-order valence-electron chi connectivity index (χ2n) is 7.18. The van der Waals surface area contributed by atoms with Crippen LogP contribution in [0.3, 0.4) is 0 Å². The van der Waals surface area contributed by atoms with E-state index in [1.54, 1.807) is 12.3 Å². The molecule has 7 heteroatoms. The van der Waals surface area contributed by atoms with Crippen LogP contribution in [0.25, 0.3) is 10.9 Å². The fourth-order valence-electron chi connectivity index (χ4n) is 2.93. The Bertz CT molecular complexity index is 1130. The zero-order chi connectivity index (χ0) is 21.7. The average Bonchev–Trinajstić information content (AvgIpc) is 2.73. The molecule has 0 saturated heterocycles. The highest BCUT2D eigenvalue weighted by Gasteiger charge is 2.11.